The molecule has 0 rings (SSSR count). The molecule has 11 heteroatoms. The maximum absolute atomic E-state index is 13.3. The van der Waals surface area contributed by atoms with Crippen LogP contribution in [-0.2, 0) is 0 Å². The highest BCUT2D eigenvalue weighted by atomic mass is 19.4. The van der Waals surface area contributed by atoms with Gasteiger partial charge in [-0.1, -0.05) is 20.8 Å². The fourth-order valence-corrected chi connectivity index (χ4v) is 1.46. The van der Waals surface area contributed by atoms with Gasteiger partial charge < -0.3 is 0 Å². The maximum atomic E-state index is 13.3. The summed E-state index contributed by atoms with van der Waals surface area (Å²) in [5.41, 5.74) is -8.44. The smallest absolute Gasteiger partial charge is 0.216 e. The van der Waals surface area contributed by atoms with E-state index in [2.05, 4.69) is 0 Å². The van der Waals surface area contributed by atoms with Gasteiger partial charge in [0.2, 0.25) is 0 Å². The predicted octanol–water partition coefficient (Wildman–Crippen LogP) is 5.92. The average molecular weight is 354 g/mol. The molecule has 0 amide bonds. The van der Waals surface area contributed by atoms with Crippen LogP contribution in [0.3, 0.4) is 0 Å². The van der Waals surface area contributed by atoms with Gasteiger partial charge in [-0.25, -0.2) is 4.39 Å². The zero-order valence-corrected chi connectivity index (χ0v) is 11.6. The first-order chi connectivity index (χ1) is 9.21. The van der Waals surface area contributed by atoms with Gasteiger partial charge in [0.05, 0.1) is 0 Å². The van der Waals surface area contributed by atoms with E-state index in [-0.39, 0.29) is 0 Å². The summed E-state index contributed by atoms with van der Waals surface area (Å²) in [6.07, 6.45) is -17.4. The molecule has 0 nitrogen and oxygen atoms in total. The SMILES string of the molecule is CC(C)(C)CCC(F)(F)C(F)(F)C(F)(C(F)(F)F)C(F)(F)F. The zero-order chi connectivity index (χ0) is 18.4. The Labute approximate surface area is 118 Å². The Morgan fingerprint density at radius 1 is 0.545 bits per heavy atom. The third kappa shape index (κ3) is 3.58. The van der Waals surface area contributed by atoms with Crippen LogP contribution in [0.15, 0.2) is 0 Å². The van der Waals surface area contributed by atoms with Crippen LogP contribution in [0, 0.1) is 5.41 Å². The molecule has 0 aromatic carbocycles. The van der Waals surface area contributed by atoms with E-state index in [1.807, 2.05) is 0 Å². The fourth-order valence-electron chi connectivity index (χ4n) is 1.46. The highest BCUT2D eigenvalue weighted by Gasteiger charge is 2.89. The molecule has 0 atom stereocenters. The van der Waals surface area contributed by atoms with Crippen molar-refractivity contribution < 1.29 is 48.3 Å². The van der Waals surface area contributed by atoms with E-state index in [1.165, 1.54) is 20.8 Å². The summed E-state index contributed by atoms with van der Waals surface area (Å²) < 4.78 is 139. The van der Waals surface area contributed by atoms with Crippen LogP contribution in [-0.4, -0.2) is 29.9 Å². The first kappa shape index (κ1) is 21.2. The van der Waals surface area contributed by atoms with Crippen LogP contribution in [0.25, 0.3) is 0 Å². The molecule has 0 aliphatic heterocycles. The molecule has 22 heavy (non-hydrogen) atoms. The molecule has 0 fully saturated rings. The molecule has 0 bridgehead atoms. The number of rotatable bonds is 4. The van der Waals surface area contributed by atoms with E-state index in [9.17, 15) is 48.3 Å². The minimum Gasteiger partial charge on any atom is -0.216 e. The molecule has 0 unspecified atom stereocenters. The third-order valence-electron chi connectivity index (χ3n) is 2.86. The van der Waals surface area contributed by atoms with Crippen molar-refractivity contribution in [3.8, 4) is 0 Å². The van der Waals surface area contributed by atoms with E-state index >= 15 is 0 Å². The molecule has 0 heterocycles. The summed E-state index contributed by atoms with van der Waals surface area (Å²) in [6.45, 7) is 3.74. The number of alkyl halides is 11. The third-order valence-corrected chi connectivity index (χ3v) is 2.86. The minimum absolute atomic E-state index is 0.846. The second kappa shape index (κ2) is 5.40. The molecular formula is C11H13F11. The molecular weight excluding hydrogens is 341 g/mol. The van der Waals surface area contributed by atoms with Gasteiger partial charge in [-0.3, -0.25) is 0 Å². The van der Waals surface area contributed by atoms with Gasteiger partial charge in [-0.05, 0) is 11.8 Å². The predicted molar refractivity (Wildman–Crippen MR) is 54.5 cm³/mol. The summed E-state index contributed by atoms with van der Waals surface area (Å²) in [4.78, 5) is 0. The van der Waals surface area contributed by atoms with Gasteiger partial charge in [0.1, 0.15) is 0 Å². The van der Waals surface area contributed by atoms with E-state index in [4.69, 9.17) is 0 Å². The van der Waals surface area contributed by atoms with Gasteiger partial charge in [0.25, 0.3) is 0 Å². The van der Waals surface area contributed by atoms with Gasteiger partial charge in [0, 0.05) is 6.42 Å². The topological polar surface area (TPSA) is 0 Å². The standard InChI is InChI=1S/C11H13F11/c1-6(2,3)4-5-7(12,13)9(15,16)8(14,10(17,18)19)11(20,21)22/h4-5H2,1-3H3. The summed E-state index contributed by atoms with van der Waals surface area (Å²) in [5.74, 6) is -12.9. The first-order valence-electron chi connectivity index (χ1n) is 5.79. The first-order valence-corrected chi connectivity index (χ1v) is 5.79. The second-order valence-electron chi connectivity index (χ2n) is 5.99. The molecule has 134 valence electrons. The van der Waals surface area contributed by atoms with Crippen molar-refractivity contribution in [1.29, 1.82) is 0 Å². The molecule has 0 N–H and O–H groups in total. The molecule has 0 spiro atoms. The monoisotopic (exact) mass is 354 g/mol. The highest BCUT2D eigenvalue weighted by molar-refractivity contribution is 5.11. The van der Waals surface area contributed by atoms with Gasteiger partial charge in [0.15, 0.2) is 0 Å². The second-order valence-corrected chi connectivity index (χ2v) is 5.99. The normalized spacial score (nSPS) is 16.1. The van der Waals surface area contributed by atoms with Crippen molar-refractivity contribution in [2.45, 2.75) is 63.5 Å². The molecule has 0 radical (unpaired) electrons. The van der Waals surface area contributed by atoms with Crippen LogP contribution in [0.4, 0.5) is 48.3 Å². The molecule has 0 aromatic heterocycles. The Morgan fingerprint density at radius 3 is 1.09 bits per heavy atom. The van der Waals surface area contributed by atoms with Crippen molar-refractivity contribution in [2.75, 3.05) is 0 Å². The van der Waals surface area contributed by atoms with Crippen molar-refractivity contribution in [1.82, 2.24) is 0 Å². The Hall–Kier alpha value is -0.770. The Morgan fingerprint density at radius 2 is 0.864 bits per heavy atom. The average Bonchev–Trinajstić information content (AvgIpc) is 2.20. The molecule has 0 aliphatic rings. The number of hydrogen-bond donors (Lipinski definition) is 0. The van der Waals surface area contributed by atoms with Crippen LogP contribution in [0.2, 0.25) is 0 Å². The van der Waals surface area contributed by atoms with Crippen LogP contribution in [0.5, 0.6) is 0 Å². The lowest BCUT2D eigenvalue weighted by molar-refractivity contribution is -0.427. The van der Waals surface area contributed by atoms with Crippen LogP contribution >= 0.6 is 0 Å². The lowest BCUT2D eigenvalue weighted by Gasteiger charge is -2.40. The van der Waals surface area contributed by atoms with Gasteiger partial charge >= 0.3 is 29.9 Å². The molecule has 0 saturated heterocycles. The fraction of sp³-hybridized carbons (Fsp3) is 1.00. The molecule has 0 aromatic rings. The van der Waals surface area contributed by atoms with Crippen molar-refractivity contribution in [3.05, 3.63) is 0 Å². The lowest BCUT2D eigenvalue weighted by atomic mass is 9.83. The Balaban J connectivity index is 5.93. The summed E-state index contributed by atoms with van der Waals surface area (Å²) >= 11 is 0. The number of hydrogen-bond acceptors (Lipinski definition) is 0. The van der Waals surface area contributed by atoms with Crippen LogP contribution < -0.4 is 0 Å². The summed E-state index contributed by atoms with van der Waals surface area (Å²) in [7, 11) is 0. The van der Waals surface area contributed by atoms with E-state index in [0.717, 1.165) is 0 Å². The number of halogens is 11. The molecule has 0 saturated carbocycles. The van der Waals surface area contributed by atoms with Crippen LogP contribution in [0.1, 0.15) is 33.6 Å². The quantitative estimate of drug-likeness (QED) is 0.550. The van der Waals surface area contributed by atoms with Crippen molar-refractivity contribution >= 4 is 0 Å². The highest BCUT2D eigenvalue weighted by Crippen LogP contribution is 2.60. The molecule has 0 aliphatic carbocycles. The Bertz CT molecular complexity index is 368. The van der Waals surface area contributed by atoms with Crippen molar-refractivity contribution in [2.24, 2.45) is 5.41 Å². The van der Waals surface area contributed by atoms with Gasteiger partial charge in [-0.15, -0.1) is 0 Å². The lowest BCUT2D eigenvalue weighted by Crippen LogP contribution is -2.70. The minimum atomic E-state index is -7.35. The van der Waals surface area contributed by atoms with E-state index < -0.39 is 48.1 Å². The van der Waals surface area contributed by atoms with E-state index in [1.54, 1.807) is 0 Å². The summed E-state index contributed by atoms with van der Waals surface area (Å²) in [5, 5.41) is 0. The largest absolute Gasteiger partial charge is 0.438 e. The van der Waals surface area contributed by atoms with Gasteiger partial charge in [-0.2, -0.15) is 43.9 Å². The maximum Gasteiger partial charge on any atom is 0.438 e. The van der Waals surface area contributed by atoms with Crippen molar-refractivity contribution in [3.63, 3.8) is 0 Å². The Kier molecular flexibility index (Phi) is 5.21. The zero-order valence-electron chi connectivity index (χ0n) is 11.6. The summed E-state index contributed by atoms with van der Waals surface area (Å²) in [6, 6.07) is 0. The van der Waals surface area contributed by atoms with E-state index in [0.29, 0.717) is 0 Å².